The summed E-state index contributed by atoms with van der Waals surface area (Å²) in [6, 6.07) is 8.41. The average molecular weight is 316 g/mol. The van der Waals surface area contributed by atoms with Gasteiger partial charge in [0.2, 0.25) is 0 Å². The highest BCUT2D eigenvalue weighted by Gasteiger charge is 2.04. The zero-order chi connectivity index (χ0) is 12.3. The van der Waals surface area contributed by atoms with E-state index in [1.165, 1.54) is 6.07 Å². The lowest BCUT2D eigenvalue weighted by Crippen LogP contribution is -2.02. The van der Waals surface area contributed by atoms with Crippen molar-refractivity contribution in [2.45, 2.75) is 6.54 Å². The van der Waals surface area contributed by atoms with Crippen LogP contribution in [0.5, 0.6) is 0 Å². The van der Waals surface area contributed by atoms with Gasteiger partial charge >= 0.3 is 0 Å². The molecule has 1 N–H and O–H groups in total. The summed E-state index contributed by atoms with van der Waals surface area (Å²) in [7, 11) is 0. The molecule has 0 atom stereocenters. The van der Waals surface area contributed by atoms with Gasteiger partial charge in [0.05, 0.1) is 5.69 Å². The minimum Gasteiger partial charge on any atom is -0.378 e. The van der Waals surface area contributed by atoms with Crippen molar-refractivity contribution in [3.63, 3.8) is 0 Å². The standard InChI is InChI=1S/C12H9BrClFN2/c13-9-5-11(12(14)17-7-9)16-6-8-3-1-2-4-10(8)15/h1-5,7,16H,6H2. The molecule has 0 radical (unpaired) electrons. The Balaban J connectivity index is 2.12. The molecule has 0 unspecified atom stereocenters. The Morgan fingerprint density at radius 2 is 2.12 bits per heavy atom. The van der Waals surface area contributed by atoms with Gasteiger partial charge in [-0.15, -0.1) is 0 Å². The molecule has 0 saturated carbocycles. The molecule has 1 aromatic heterocycles. The maximum atomic E-state index is 13.4. The van der Waals surface area contributed by atoms with Crippen LogP contribution in [0.2, 0.25) is 5.15 Å². The van der Waals surface area contributed by atoms with Gasteiger partial charge in [-0.2, -0.15) is 0 Å². The topological polar surface area (TPSA) is 24.9 Å². The first-order chi connectivity index (χ1) is 8.16. The van der Waals surface area contributed by atoms with Gasteiger partial charge in [-0.3, -0.25) is 0 Å². The molecule has 0 aliphatic carbocycles. The van der Waals surface area contributed by atoms with Crippen molar-refractivity contribution in [2.75, 3.05) is 5.32 Å². The quantitative estimate of drug-likeness (QED) is 0.857. The molecule has 1 aromatic carbocycles. The Morgan fingerprint density at radius 3 is 2.88 bits per heavy atom. The fourth-order valence-corrected chi connectivity index (χ4v) is 1.88. The lowest BCUT2D eigenvalue weighted by atomic mass is 10.2. The number of rotatable bonds is 3. The Morgan fingerprint density at radius 1 is 1.35 bits per heavy atom. The fourth-order valence-electron chi connectivity index (χ4n) is 1.38. The molecule has 1 heterocycles. The highest BCUT2D eigenvalue weighted by molar-refractivity contribution is 9.10. The second kappa shape index (κ2) is 5.47. The first kappa shape index (κ1) is 12.3. The molecule has 0 amide bonds. The van der Waals surface area contributed by atoms with Crippen LogP contribution in [0, 0.1) is 5.82 Å². The summed E-state index contributed by atoms with van der Waals surface area (Å²) in [5.74, 6) is -0.237. The molecule has 2 nitrogen and oxygen atoms in total. The highest BCUT2D eigenvalue weighted by Crippen LogP contribution is 2.23. The number of aromatic nitrogens is 1. The average Bonchev–Trinajstić information content (AvgIpc) is 2.32. The smallest absolute Gasteiger partial charge is 0.152 e. The van der Waals surface area contributed by atoms with E-state index in [0.29, 0.717) is 22.9 Å². The molecule has 5 heteroatoms. The highest BCUT2D eigenvalue weighted by atomic mass is 79.9. The minimum atomic E-state index is -0.237. The molecular weight excluding hydrogens is 307 g/mol. The van der Waals surface area contributed by atoms with E-state index in [9.17, 15) is 4.39 Å². The Hall–Kier alpha value is -1.13. The SMILES string of the molecule is Fc1ccccc1CNc1cc(Br)cnc1Cl. The van der Waals surface area contributed by atoms with Crippen LogP contribution in [0.3, 0.4) is 0 Å². The van der Waals surface area contributed by atoms with Crippen molar-refractivity contribution in [3.8, 4) is 0 Å². The number of benzene rings is 1. The van der Waals surface area contributed by atoms with Crippen molar-refractivity contribution in [3.05, 3.63) is 57.5 Å². The number of halogens is 3. The maximum absolute atomic E-state index is 13.4. The molecule has 2 aromatic rings. The molecule has 17 heavy (non-hydrogen) atoms. The van der Waals surface area contributed by atoms with E-state index in [2.05, 4.69) is 26.2 Å². The van der Waals surface area contributed by atoms with Crippen LogP contribution in [0.1, 0.15) is 5.56 Å². The molecule has 88 valence electrons. The van der Waals surface area contributed by atoms with Crippen molar-refractivity contribution in [1.29, 1.82) is 0 Å². The van der Waals surface area contributed by atoms with E-state index in [4.69, 9.17) is 11.6 Å². The van der Waals surface area contributed by atoms with Crippen LogP contribution in [-0.2, 0) is 6.54 Å². The van der Waals surface area contributed by atoms with Gasteiger partial charge in [-0.05, 0) is 28.1 Å². The van der Waals surface area contributed by atoms with Gasteiger partial charge in [0.1, 0.15) is 5.82 Å². The van der Waals surface area contributed by atoms with Crippen molar-refractivity contribution >= 4 is 33.2 Å². The number of hydrogen-bond acceptors (Lipinski definition) is 2. The molecule has 2 rings (SSSR count). The Kier molecular flexibility index (Phi) is 3.97. The lowest BCUT2D eigenvalue weighted by molar-refractivity contribution is 0.613. The van der Waals surface area contributed by atoms with Crippen LogP contribution in [0.15, 0.2) is 41.0 Å². The fraction of sp³-hybridized carbons (Fsp3) is 0.0833. The van der Waals surface area contributed by atoms with Gasteiger partial charge in [-0.1, -0.05) is 29.8 Å². The van der Waals surface area contributed by atoms with Crippen LogP contribution >= 0.6 is 27.5 Å². The largest absolute Gasteiger partial charge is 0.378 e. The minimum absolute atomic E-state index is 0.237. The number of hydrogen-bond donors (Lipinski definition) is 1. The molecule has 0 saturated heterocycles. The van der Waals surface area contributed by atoms with E-state index in [-0.39, 0.29) is 5.82 Å². The summed E-state index contributed by atoms with van der Waals surface area (Å²) in [5.41, 5.74) is 1.26. The van der Waals surface area contributed by atoms with E-state index in [1.807, 2.05) is 0 Å². The number of nitrogens with zero attached hydrogens (tertiary/aromatic N) is 1. The molecular formula is C12H9BrClFN2. The predicted octanol–water partition coefficient (Wildman–Crippen LogP) is 4.25. The van der Waals surface area contributed by atoms with E-state index in [1.54, 1.807) is 30.5 Å². The monoisotopic (exact) mass is 314 g/mol. The lowest BCUT2D eigenvalue weighted by Gasteiger charge is -2.08. The van der Waals surface area contributed by atoms with Gasteiger partial charge < -0.3 is 5.32 Å². The second-order valence-electron chi connectivity index (χ2n) is 3.44. The summed E-state index contributed by atoms with van der Waals surface area (Å²) in [6.45, 7) is 0.366. The summed E-state index contributed by atoms with van der Waals surface area (Å²) in [6.07, 6.45) is 1.61. The van der Waals surface area contributed by atoms with Crippen molar-refractivity contribution < 1.29 is 4.39 Å². The van der Waals surface area contributed by atoms with Crippen molar-refractivity contribution in [1.82, 2.24) is 4.98 Å². The van der Waals surface area contributed by atoms with Crippen LogP contribution in [0.25, 0.3) is 0 Å². The van der Waals surface area contributed by atoms with Crippen molar-refractivity contribution in [2.24, 2.45) is 0 Å². The molecule has 0 aliphatic heterocycles. The first-order valence-electron chi connectivity index (χ1n) is 4.95. The first-order valence-corrected chi connectivity index (χ1v) is 6.12. The summed E-state index contributed by atoms with van der Waals surface area (Å²) in [5, 5.41) is 3.41. The van der Waals surface area contributed by atoms with E-state index in [0.717, 1.165) is 4.47 Å². The van der Waals surface area contributed by atoms with Crippen LogP contribution in [0.4, 0.5) is 10.1 Å². The summed E-state index contributed by atoms with van der Waals surface area (Å²) in [4.78, 5) is 3.98. The number of pyridine rings is 1. The third-order valence-electron chi connectivity index (χ3n) is 2.23. The van der Waals surface area contributed by atoms with Gasteiger partial charge in [-0.25, -0.2) is 9.37 Å². The van der Waals surface area contributed by atoms with Gasteiger partial charge in [0.15, 0.2) is 5.15 Å². The second-order valence-corrected chi connectivity index (χ2v) is 4.71. The summed E-state index contributed by atoms with van der Waals surface area (Å²) >= 11 is 9.22. The Labute approximate surface area is 112 Å². The van der Waals surface area contributed by atoms with Gasteiger partial charge in [0.25, 0.3) is 0 Å². The molecule has 0 bridgehead atoms. The van der Waals surface area contributed by atoms with Crippen LogP contribution in [-0.4, -0.2) is 4.98 Å². The Bertz CT molecular complexity index is 534. The zero-order valence-corrected chi connectivity index (χ0v) is 11.1. The third kappa shape index (κ3) is 3.17. The van der Waals surface area contributed by atoms with E-state index < -0.39 is 0 Å². The normalized spacial score (nSPS) is 10.3. The van der Waals surface area contributed by atoms with Crippen LogP contribution < -0.4 is 5.32 Å². The van der Waals surface area contributed by atoms with E-state index >= 15 is 0 Å². The maximum Gasteiger partial charge on any atom is 0.152 e. The molecule has 0 spiro atoms. The molecule has 0 aliphatic rings. The third-order valence-corrected chi connectivity index (χ3v) is 2.97. The number of anilines is 1. The number of nitrogens with one attached hydrogen (secondary N) is 1. The van der Waals surface area contributed by atoms with Gasteiger partial charge in [0, 0.05) is 22.8 Å². The molecule has 0 fully saturated rings. The zero-order valence-electron chi connectivity index (χ0n) is 8.75. The summed E-state index contributed by atoms with van der Waals surface area (Å²) < 4.78 is 14.2. The predicted molar refractivity (Wildman–Crippen MR) is 70.7 cm³/mol.